The van der Waals surface area contributed by atoms with Gasteiger partial charge in [0.25, 0.3) is 0 Å². The van der Waals surface area contributed by atoms with Crippen LogP contribution in [0.3, 0.4) is 0 Å². The van der Waals surface area contributed by atoms with Gasteiger partial charge in [-0.15, -0.1) is 0 Å². The highest BCUT2D eigenvalue weighted by molar-refractivity contribution is 7.99. The number of amidine groups is 1. The van der Waals surface area contributed by atoms with Crippen molar-refractivity contribution in [2.75, 3.05) is 7.11 Å². The Hall–Kier alpha value is -2.21. The third kappa shape index (κ3) is 3.21. The van der Waals surface area contributed by atoms with E-state index in [2.05, 4.69) is 5.16 Å². The fourth-order valence-corrected chi connectivity index (χ4v) is 2.55. The van der Waals surface area contributed by atoms with Crippen LogP contribution in [0.2, 0.25) is 0 Å². The zero-order chi connectivity index (χ0) is 14.5. The fraction of sp³-hybridized carbons (Fsp3) is 0.0714. The van der Waals surface area contributed by atoms with Crippen LogP contribution >= 0.6 is 11.8 Å². The second kappa shape index (κ2) is 6.29. The molecule has 0 aromatic heterocycles. The van der Waals surface area contributed by atoms with E-state index < -0.39 is 5.82 Å². The molecule has 104 valence electrons. The summed E-state index contributed by atoms with van der Waals surface area (Å²) in [6.45, 7) is 0. The molecule has 0 fully saturated rings. The van der Waals surface area contributed by atoms with E-state index in [1.807, 2.05) is 24.3 Å². The number of nitrogens with zero attached hydrogens (tertiary/aromatic N) is 1. The number of methoxy groups -OCH3 is 1. The molecule has 0 unspecified atom stereocenters. The zero-order valence-electron chi connectivity index (χ0n) is 10.7. The van der Waals surface area contributed by atoms with E-state index in [0.29, 0.717) is 10.5 Å². The molecule has 0 aliphatic heterocycles. The van der Waals surface area contributed by atoms with Crippen LogP contribution in [0.1, 0.15) is 5.56 Å². The van der Waals surface area contributed by atoms with Crippen LogP contribution in [0.15, 0.2) is 57.4 Å². The Balaban J connectivity index is 2.32. The van der Waals surface area contributed by atoms with Gasteiger partial charge in [-0.3, -0.25) is 0 Å². The van der Waals surface area contributed by atoms with Gasteiger partial charge in [-0.25, -0.2) is 4.39 Å². The molecule has 0 radical (unpaired) electrons. The SMILES string of the molecule is COc1ccc(Sc2ccc(F)cc2C(N)=NO)cc1. The average molecular weight is 292 g/mol. The highest BCUT2D eigenvalue weighted by atomic mass is 32.2. The van der Waals surface area contributed by atoms with Crippen molar-refractivity contribution in [3.63, 3.8) is 0 Å². The summed E-state index contributed by atoms with van der Waals surface area (Å²) in [5, 5.41) is 11.7. The maximum Gasteiger partial charge on any atom is 0.171 e. The van der Waals surface area contributed by atoms with Crippen LogP contribution in [-0.2, 0) is 0 Å². The first-order valence-electron chi connectivity index (χ1n) is 5.73. The maximum atomic E-state index is 13.3. The number of hydrogen-bond donors (Lipinski definition) is 2. The van der Waals surface area contributed by atoms with Crippen LogP contribution in [-0.4, -0.2) is 18.2 Å². The van der Waals surface area contributed by atoms with Crippen molar-refractivity contribution in [2.45, 2.75) is 9.79 Å². The average Bonchev–Trinajstić information content (AvgIpc) is 2.49. The third-order valence-corrected chi connectivity index (χ3v) is 3.70. The summed E-state index contributed by atoms with van der Waals surface area (Å²) in [4.78, 5) is 1.64. The minimum absolute atomic E-state index is 0.125. The summed E-state index contributed by atoms with van der Waals surface area (Å²) in [5.41, 5.74) is 5.92. The van der Waals surface area contributed by atoms with Crippen LogP contribution in [0.5, 0.6) is 5.75 Å². The van der Waals surface area contributed by atoms with Gasteiger partial charge >= 0.3 is 0 Å². The predicted molar refractivity (Wildman–Crippen MR) is 76.0 cm³/mol. The van der Waals surface area contributed by atoms with Crippen LogP contribution in [0.25, 0.3) is 0 Å². The third-order valence-electron chi connectivity index (χ3n) is 2.61. The van der Waals surface area contributed by atoms with Crippen molar-refractivity contribution in [1.82, 2.24) is 0 Å². The van der Waals surface area contributed by atoms with E-state index in [4.69, 9.17) is 15.7 Å². The lowest BCUT2D eigenvalue weighted by atomic mass is 10.2. The Morgan fingerprint density at radius 1 is 1.25 bits per heavy atom. The molecule has 0 aliphatic rings. The van der Waals surface area contributed by atoms with Crippen molar-refractivity contribution < 1.29 is 14.3 Å². The molecule has 0 heterocycles. The molecule has 20 heavy (non-hydrogen) atoms. The Bertz CT molecular complexity index is 630. The molecule has 6 heteroatoms. The largest absolute Gasteiger partial charge is 0.497 e. The summed E-state index contributed by atoms with van der Waals surface area (Å²) >= 11 is 1.39. The Kier molecular flexibility index (Phi) is 4.47. The lowest BCUT2D eigenvalue weighted by Gasteiger charge is -2.08. The number of ether oxygens (including phenoxy) is 1. The van der Waals surface area contributed by atoms with E-state index in [0.717, 1.165) is 10.6 Å². The van der Waals surface area contributed by atoms with E-state index >= 15 is 0 Å². The zero-order valence-corrected chi connectivity index (χ0v) is 11.5. The molecular weight excluding hydrogens is 279 g/mol. The second-order valence-corrected chi connectivity index (χ2v) is 5.02. The lowest BCUT2D eigenvalue weighted by molar-refractivity contribution is 0.318. The van der Waals surface area contributed by atoms with Gasteiger partial charge in [-0.05, 0) is 42.5 Å². The standard InChI is InChI=1S/C14H13FN2O2S/c1-19-10-3-5-11(6-4-10)20-13-7-2-9(15)8-12(13)14(16)17-18/h2-8,18H,1H3,(H2,16,17). The molecule has 0 atom stereocenters. The molecule has 2 rings (SSSR count). The molecule has 0 bridgehead atoms. The summed E-state index contributed by atoms with van der Waals surface area (Å²) in [6.07, 6.45) is 0. The van der Waals surface area contributed by atoms with Crippen LogP contribution < -0.4 is 10.5 Å². The molecule has 0 amide bonds. The molecule has 3 N–H and O–H groups in total. The first-order chi connectivity index (χ1) is 9.63. The number of benzene rings is 2. The first-order valence-corrected chi connectivity index (χ1v) is 6.55. The van der Waals surface area contributed by atoms with E-state index in [-0.39, 0.29) is 5.84 Å². The Labute approximate surface area is 120 Å². The summed E-state index contributed by atoms with van der Waals surface area (Å²) in [7, 11) is 1.60. The number of oxime groups is 1. The van der Waals surface area contributed by atoms with E-state index in [1.165, 1.54) is 23.9 Å². The second-order valence-electron chi connectivity index (χ2n) is 3.90. The molecule has 2 aromatic rings. The normalized spacial score (nSPS) is 11.4. The fourth-order valence-electron chi connectivity index (χ4n) is 1.62. The highest BCUT2D eigenvalue weighted by Gasteiger charge is 2.10. The van der Waals surface area contributed by atoms with Crippen molar-refractivity contribution in [3.8, 4) is 5.75 Å². The van der Waals surface area contributed by atoms with E-state index in [1.54, 1.807) is 13.2 Å². The van der Waals surface area contributed by atoms with Crippen molar-refractivity contribution in [1.29, 1.82) is 0 Å². The Morgan fingerprint density at radius 3 is 2.55 bits per heavy atom. The van der Waals surface area contributed by atoms with Gasteiger partial charge < -0.3 is 15.7 Å². The maximum absolute atomic E-state index is 13.3. The topological polar surface area (TPSA) is 67.8 Å². The number of hydrogen-bond acceptors (Lipinski definition) is 4. The van der Waals surface area contributed by atoms with Gasteiger partial charge in [0.1, 0.15) is 11.6 Å². The van der Waals surface area contributed by atoms with E-state index in [9.17, 15) is 4.39 Å². The molecule has 4 nitrogen and oxygen atoms in total. The molecule has 0 saturated heterocycles. The van der Waals surface area contributed by atoms with Crippen molar-refractivity contribution in [2.24, 2.45) is 10.9 Å². The van der Waals surface area contributed by atoms with Crippen molar-refractivity contribution >= 4 is 17.6 Å². The number of halogens is 1. The molecule has 0 saturated carbocycles. The Morgan fingerprint density at radius 2 is 1.95 bits per heavy atom. The highest BCUT2D eigenvalue weighted by Crippen LogP contribution is 2.31. The number of rotatable bonds is 4. The van der Waals surface area contributed by atoms with Gasteiger partial charge in [-0.1, -0.05) is 16.9 Å². The summed E-state index contributed by atoms with van der Waals surface area (Å²) in [5.74, 6) is 0.191. The van der Waals surface area contributed by atoms with Gasteiger partial charge in [0, 0.05) is 15.4 Å². The monoisotopic (exact) mass is 292 g/mol. The van der Waals surface area contributed by atoms with Crippen molar-refractivity contribution in [3.05, 3.63) is 53.8 Å². The first kappa shape index (κ1) is 14.2. The minimum Gasteiger partial charge on any atom is -0.497 e. The molecule has 0 aliphatic carbocycles. The van der Waals surface area contributed by atoms with Gasteiger partial charge in [0.2, 0.25) is 0 Å². The lowest BCUT2D eigenvalue weighted by Crippen LogP contribution is -2.14. The van der Waals surface area contributed by atoms with Crippen LogP contribution in [0, 0.1) is 5.82 Å². The molecule has 2 aromatic carbocycles. The minimum atomic E-state index is -0.439. The summed E-state index contributed by atoms with van der Waals surface area (Å²) < 4.78 is 18.3. The van der Waals surface area contributed by atoms with Gasteiger partial charge in [-0.2, -0.15) is 0 Å². The quantitative estimate of drug-likeness (QED) is 0.393. The van der Waals surface area contributed by atoms with Gasteiger partial charge in [0.15, 0.2) is 5.84 Å². The smallest absolute Gasteiger partial charge is 0.171 e. The molecular formula is C14H13FN2O2S. The van der Waals surface area contributed by atoms with Gasteiger partial charge in [0.05, 0.1) is 7.11 Å². The number of nitrogens with two attached hydrogens (primary N) is 1. The predicted octanol–water partition coefficient (Wildman–Crippen LogP) is 3.08. The summed E-state index contributed by atoms with van der Waals surface area (Å²) in [6, 6.07) is 11.6. The van der Waals surface area contributed by atoms with Crippen LogP contribution in [0.4, 0.5) is 4.39 Å². The molecule has 0 spiro atoms.